The van der Waals surface area contributed by atoms with Crippen LogP contribution in [0, 0.1) is 0 Å². The summed E-state index contributed by atoms with van der Waals surface area (Å²) in [5.41, 5.74) is 2.91. The molecule has 8 heteroatoms. The standard InChI is InChI=1S/C24H22ClN3O3S/c1-29-20-13-17(14-21(30-2)22(20)31-3)23-26-27-24(28(23)19-7-5-4-6-8-19)32-15-16-9-11-18(25)12-10-16/h4-14H,15H2,1-3H3. The molecule has 4 aromatic rings. The van der Waals surface area contributed by atoms with E-state index in [1.54, 1.807) is 33.1 Å². The smallest absolute Gasteiger partial charge is 0.203 e. The van der Waals surface area contributed by atoms with Crippen LogP contribution in [0.1, 0.15) is 5.56 Å². The Labute approximate surface area is 196 Å². The highest BCUT2D eigenvalue weighted by atomic mass is 35.5. The molecule has 0 aliphatic rings. The lowest BCUT2D eigenvalue weighted by Crippen LogP contribution is -2.01. The fourth-order valence-electron chi connectivity index (χ4n) is 3.30. The third-order valence-electron chi connectivity index (χ3n) is 4.85. The first-order chi connectivity index (χ1) is 15.6. The number of ether oxygens (including phenoxy) is 3. The number of para-hydroxylation sites is 1. The van der Waals surface area contributed by atoms with Crippen LogP contribution in [0.2, 0.25) is 5.02 Å². The summed E-state index contributed by atoms with van der Waals surface area (Å²) < 4.78 is 18.5. The Morgan fingerprint density at radius 3 is 2.09 bits per heavy atom. The van der Waals surface area contributed by atoms with Crippen LogP contribution in [0.3, 0.4) is 0 Å². The SMILES string of the molecule is COc1cc(-c2nnc(SCc3ccc(Cl)cc3)n2-c2ccccc2)cc(OC)c1OC. The zero-order valence-electron chi connectivity index (χ0n) is 17.9. The molecule has 0 atom stereocenters. The molecule has 0 saturated carbocycles. The van der Waals surface area contributed by atoms with Crippen molar-refractivity contribution >= 4 is 23.4 Å². The normalized spacial score (nSPS) is 10.8. The molecular weight excluding hydrogens is 446 g/mol. The van der Waals surface area contributed by atoms with Crippen molar-refractivity contribution in [3.8, 4) is 34.3 Å². The summed E-state index contributed by atoms with van der Waals surface area (Å²) >= 11 is 7.62. The van der Waals surface area contributed by atoms with Crippen molar-refractivity contribution < 1.29 is 14.2 Å². The van der Waals surface area contributed by atoms with Crippen LogP contribution in [0.15, 0.2) is 71.9 Å². The van der Waals surface area contributed by atoms with E-state index in [1.807, 2.05) is 71.3 Å². The lowest BCUT2D eigenvalue weighted by molar-refractivity contribution is 0.324. The molecule has 0 bridgehead atoms. The van der Waals surface area contributed by atoms with Crippen LogP contribution in [-0.4, -0.2) is 36.1 Å². The predicted octanol–water partition coefficient (Wildman–Crippen LogP) is 5.91. The molecule has 1 aromatic heterocycles. The molecule has 0 fully saturated rings. The van der Waals surface area contributed by atoms with Crippen molar-refractivity contribution in [3.05, 3.63) is 77.3 Å². The minimum absolute atomic E-state index is 0.530. The van der Waals surface area contributed by atoms with E-state index in [0.717, 1.165) is 32.7 Å². The highest BCUT2D eigenvalue weighted by molar-refractivity contribution is 7.98. The summed E-state index contributed by atoms with van der Waals surface area (Å²) in [6, 6.07) is 21.6. The Balaban J connectivity index is 1.78. The number of hydrogen-bond acceptors (Lipinski definition) is 6. The molecule has 0 aliphatic heterocycles. The number of hydrogen-bond donors (Lipinski definition) is 0. The van der Waals surface area contributed by atoms with Gasteiger partial charge in [-0.2, -0.15) is 0 Å². The second-order valence-electron chi connectivity index (χ2n) is 6.81. The minimum atomic E-state index is 0.530. The van der Waals surface area contributed by atoms with Crippen LogP contribution in [0.4, 0.5) is 0 Å². The Bertz CT molecular complexity index is 1170. The van der Waals surface area contributed by atoms with E-state index >= 15 is 0 Å². The van der Waals surface area contributed by atoms with Gasteiger partial charge in [-0.3, -0.25) is 4.57 Å². The number of halogens is 1. The maximum Gasteiger partial charge on any atom is 0.203 e. The molecule has 32 heavy (non-hydrogen) atoms. The highest BCUT2D eigenvalue weighted by Gasteiger charge is 2.20. The molecule has 164 valence electrons. The summed E-state index contributed by atoms with van der Waals surface area (Å²) in [7, 11) is 4.77. The van der Waals surface area contributed by atoms with Crippen molar-refractivity contribution in [1.82, 2.24) is 14.8 Å². The molecular formula is C24H22ClN3O3S. The average Bonchev–Trinajstić information content (AvgIpc) is 3.27. The number of thioether (sulfide) groups is 1. The fourth-order valence-corrected chi connectivity index (χ4v) is 4.33. The van der Waals surface area contributed by atoms with E-state index in [4.69, 9.17) is 25.8 Å². The predicted molar refractivity (Wildman–Crippen MR) is 127 cm³/mol. The van der Waals surface area contributed by atoms with E-state index in [0.29, 0.717) is 23.1 Å². The summed E-state index contributed by atoms with van der Waals surface area (Å²) in [6.45, 7) is 0. The second-order valence-corrected chi connectivity index (χ2v) is 8.19. The van der Waals surface area contributed by atoms with Gasteiger partial charge in [0.15, 0.2) is 22.5 Å². The molecule has 0 aliphatic carbocycles. The van der Waals surface area contributed by atoms with Crippen molar-refractivity contribution in [2.75, 3.05) is 21.3 Å². The van der Waals surface area contributed by atoms with Crippen molar-refractivity contribution in [3.63, 3.8) is 0 Å². The van der Waals surface area contributed by atoms with Crippen LogP contribution in [0.25, 0.3) is 17.1 Å². The van der Waals surface area contributed by atoms with Gasteiger partial charge in [0.25, 0.3) is 0 Å². The van der Waals surface area contributed by atoms with Gasteiger partial charge in [-0.25, -0.2) is 0 Å². The number of rotatable bonds is 8. The van der Waals surface area contributed by atoms with Gasteiger partial charge >= 0.3 is 0 Å². The maximum absolute atomic E-state index is 6.01. The maximum atomic E-state index is 6.01. The molecule has 4 rings (SSSR count). The van der Waals surface area contributed by atoms with Gasteiger partial charge < -0.3 is 14.2 Å². The minimum Gasteiger partial charge on any atom is -0.493 e. The lowest BCUT2D eigenvalue weighted by atomic mass is 10.1. The van der Waals surface area contributed by atoms with Gasteiger partial charge in [-0.05, 0) is 42.0 Å². The summed E-state index contributed by atoms with van der Waals surface area (Å²) in [5, 5.41) is 10.5. The second kappa shape index (κ2) is 9.97. The third kappa shape index (κ3) is 4.54. The third-order valence-corrected chi connectivity index (χ3v) is 6.10. The summed E-state index contributed by atoms with van der Waals surface area (Å²) in [6.07, 6.45) is 0. The van der Waals surface area contributed by atoms with Gasteiger partial charge in [-0.1, -0.05) is 53.7 Å². The molecule has 0 N–H and O–H groups in total. The van der Waals surface area contributed by atoms with E-state index in [-0.39, 0.29) is 0 Å². The number of nitrogens with zero attached hydrogens (tertiary/aromatic N) is 3. The quantitative estimate of drug-likeness (QED) is 0.300. The molecule has 6 nitrogen and oxygen atoms in total. The largest absolute Gasteiger partial charge is 0.493 e. The van der Waals surface area contributed by atoms with E-state index in [2.05, 4.69) is 10.2 Å². The van der Waals surface area contributed by atoms with Crippen LogP contribution in [0.5, 0.6) is 17.2 Å². The Kier molecular flexibility index (Phi) is 6.87. The van der Waals surface area contributed by atoms with E-state index in [9.17, 15) is 0 Å². The number of aromatic nitrogens is 3. The van der Waals surface area contributed by atoms with E-state index < -0.39 is 0 Å². The Morgan fingerprint density at radius 2 is 1.50 bits per heavy atom. The topological polar surface area (TPSA) is 58.4 Å². The molecule has 3 aromatic carbocycles. The van der Waals surface area contributed by atoms with E-state index in [1.165, 1.54) is 0 Å². The number of benzene rings is 3. The monoisotopic (exact) mass is 467 g/mol. The Hall–Kier alpha value is -3.16. The Morgan fingerprint density at radius 1 is 0.844 bits per heavy atom. The van der Waals surface area contributed by atoms with Crippen LogP contribution in [-0.2, 0) is 5.75 Å². The van der Waals surface area contributed by atoms with Gasteiger partial charge in [-0.15, -0.1) is 10.2 Å². The highest BCUT2D eigenvalue weighted by Crippen LogP contribution is 2.41. The van der Waals surface area contributed by atoms with Gasteiger partial charge in [0.1, 0.15) is 0 Å². The summed E-state index contributed by atoms with van der Waals surface area (Å²) in [4.78, 5) is 0. The first-order valence-electron chi connectivity index (χ1n) is 9.83. The first kappa shape index (κ1) is 22.0. The van der Waals surface area contributed by atoms with Gasteiger partial charge in [0.05, 0.1) is 21.3 Å². The summed E-state index contributed by atoms with van der Waals surface area (Å²) in [5.74, 6) is 3.05. The van der Waals surface area contributed by atoms with Crippen LogP contribution < -0.4 is 14.2 Å². The average molecular weight is 468 g/mol. The van der Waals surface area contributed by atoms with Crippen LogP contribution >= 0.6 is 23.4 Å². The zero-order chi connectivity index (χ0) is 22.5. The molecule has 0 spiro atoms. The molecule has 0 radical (unpaired) electrons. The van der Waals surface area contributed by atoms with Crippen molar-refractivity contribution in [2.24, 2.45) is 0 Å². The first-order valence-corrected chi connectivity index (χ1v) is 11.2. The zero-order valence-corrected chi connectivity index (χ0v) is 19.5. The van der Waals surface area contributed by atoms with Gasteiger partial charge in [0.2, 0.25) is 5.75 Å². The fraction of sp³-hybridized carbons (Fsp3) is 0.167. The molecule has 0 unspecified atom stereocenters. The molecule has 0 amide bonds. The van der Waals surface area contributed by atoms with Crippen molar-refractivity contribution in [2.45, 2.75) is 10.9 Å². The molecule has 1 heterocycles. The number of methoxy groups -OCH3 is 3. The molecule has 0 saturated heterocycles. The lowest BCUT2D eigenvalue weighted by Gasteiger charge is -2.15. The van der Waals surface area contributed by atoms with Crippen molar-refractivity contribution in [1.29, 1.82) is 0 Å². The van der Waals surface area contributed by atoms with Gasteiger partial charge in [0, 0.05) is 22.0 Å².